The third kappa shape index (κ3) is 6.87. The second kappa shape index (κ2) is 11.1. The van der Waals surface area contributed by atoms with Gasteiger partial charge in [0, 0.05) is 25.7 Å². The predicted octanol–water partition coefficient (Wildman–Crippen LogP) is 1.89. The summed E-state index contributed by atoms with van der Waals surface area (Å²) in [5.74, 6) is 1.32. The Kier molecular flexibility index (Phi) is 9.49. The van der Waals surface area contributed by atoms with E-state index in [1.165, 1.54) is 12.4 Å². The summed E-state index contributed by atoms with van der Waals surface area (Å²) in [5.41, 5.74) is 1.64. The zero-order valence-corrected chi connectivity index (χ0v) is 18.0. The number of nitrogens with one attached hydrogen (secondary N) is 2. The zero-order chi connectivity index (χ0) is 18.2. The molecule has 9 heteroatoms. The lowest BCUT2D eigenvalue weighted by atomic mass is 10.1. The van der Waals surface area contributed by atoms with Crippen LogP contribution in [0.15, 0.2) is 29.5 Å². The maximum Gasteiger partial charge on any atom is 0.191 e. The molecule has 0 radical (unpaired) electrons. The van der Waals surface area contributed by atoms with Crippen molar-refractivity contribution in [1.82, 2.24) is 30.3 Å². The number of aryl methyl sites for hydroxylation is 1. The molecule has 0 aliphatic rings. The Morgan fingerprint density at radius 3 is 2.69 bits per heavy atom. The van der Waals surface area contributed by atoms with Crippen LogP contribution in [0.25, 0.3) is 0 Å². The summed E-state index contributed by atoms with van der Waals surface area (Å²) >= 11 is 0. The lowest BCUT2D eigenvalue weighted by Gasteiger charge is -2.13. The lowest BCUT2D eigenvalue weighted by molar-refractivity contribution is 0.392. The minimum Gasteiger partial charge on any atom is -0.357 e. The molecule has 0 atom stereocenters. The molecule has 26 heavy (non-hydrogen) atoms. The fraction of sp³-hybridized carbons (Fsp3) is 0.471. The van der Waals surface area contributed by atoms with Crippen molar-refractivity contribution >= 4 is 29.9 Å². The molecule has 0 aliphatic heterocycles. The van der Waals surface area contributed by atoms with E-state index in [4.69, 9.17) is 0 Å². The van der Waals surface area contributed by atoms with Gasteiger partial charge in [-0.3, -0.25) is 4.68 Å². The molecule has 0 amide bonds. The Morgan fingerprint density at radius 1 is 1.31 bits per heavy atom. The summed E-state index contributed by atoms with van der Waals surface area (Å²) in [4.78, 5) is 10.7. The molecule has 0 spiro atoms. The fourth-order valence-electron chi connectivity index (χ4n) is 2.34. The Hall–Kier alpha value is -1.75. The largest absolute Gasteiger partial charge is 0.357 e. The van der Waals surface area contributed by atoms with Crippen LogP contribution in [0.3, 0.4) is 0 Å². The smallest absolute Gasteiger partial charge is 0.191 e. The third-order valence-corrected chi connectivity index (χ3v) is 3.58. The monoisotopic (exact) mass is 475 g/mol. The van der Waals surface area contributed by atoms with E-state index >= 15 is 0 Å². The summed E-state index contributed by atoms with van der Waals surface area (Å²) < 4.78 is 15.6. The second-order valence-electron chi connectivity index (χ2n) is 6.01. The molecule has 0 fully saturated rings. The molecule has 1 heterocycles. The van der Waals surface area contributed by atoms with Gasteiger partial charge in [-0.05, 0) is 38.7 Å². The van der Waals surface area contributed by atoms with Gasteiger partial charge < -0.3 is 15.5 Å². The number of nitrogens with zero attached hydrogens (tertiary/aromatic N) is 5. The molecule has 1 aromatic carbocycles. The van der Waals surface area contributed by atoms with Gasteiger partial charge >= 0.3 is 0 Å². The van der Waals surface area contributed by atoms with Crippen molar-refractivity contribution in [3.05, 3.63) is 47.3 Å². The Morgan fingerprint density at radius 2 is 2.08 bits per heavy atom. The third-order valence-electron chi connectivity index (χ3n) is 3.58. The second-order valence-corrected chi connectivity index (χ2v) is 6.01. The number of guanidine groups is 1. The fourth-order valence-corrected chi connectivity index (χ4v) is 2.34. The van der Waals surface area contributed by atoms with Crippen LogP contribution < -0.4 is 10.6 Å². The van der Waals surface area contributed by atoms with Crippen LogP contribution in [0.5, 0.6) is 0 Å². The molecule has 1 aromatic heterocycles. The molecule has 2 rings (SSSR count). The van der Waals surface area contributed by atoms with Crippen molar-refractivity contribution in [3.63, 3.8) is 0 Å². The van der Waals surface area contributed by atoms with E-state index in [1.54, 1.807) is 10.7 Å². The topological polar surface area (TPSA) is 70.4 Å². The normalized spacial score (nSPS) is 11.4. The molecule has 0 aliphatic carbocycles. The SMILES string of the molecule is CCNC(=NCc1ccc(F)c(CN(C)C)c1)NCc1ncnn1C.I. The molecule has 0 saturated heterocycles. The minimum absolute atomic E-state index is 0. The maximum atomic E-state index is 13.9. The van der Waals surface area contributed by atoms with E-state index < -0.39 is 0 Å². The summed E-state index contributed by atoms with van der Waals surface area (Å²) in [7, 11) is 5.69. The molecule has 0 unspecified atom stereocenters. The number of aliphatic imine (C=N–C) groups is 1. The zero-order valence-electron chi connectivity index (χ0n) is 15.7. The molecular weight excluding hydrogens is 448 g/mol. The van der Waals surface area contributed by atoms with E-state index in [9.17, 15) is 4.39 Å². The highest BCUT2D eigenvalue weighted by atomic mass is 127. The van der Waals surface area contributed by atoms with Crippen molar-refractivity contribution < 1.29 is 4.39 Å². The maximum absolute atomic E-state index is 13.9. The van der Waals surface area contributed by atoms with Crippen molar-refractivity contribution in [1.29, 1.82) is 0 Å². The summed E-state index contributed by atoms with van der Waals surface area (Å²) in [6.45, 7) is 4.31. The van der Waals surface area contributed by atoms with Crippen molar-refractivity contribution in [2.75, 3.05) is 20.6 Å². The molecule has 0 saturated carbocycles. The Bertz CT molecular complexity index is 715. The number of benzene rings is 1. The molecule has 2 aromatic rings. The van der Waals surface area contributed by atoms with Crippen molar-refractivity contribution in [2.45, 2.75) is 26.6 Å². The standard InChI is InChI=1S/C17H26FN7.HI/c1-5-19-17(21-10-16-22-12-23-25(16)4)20-9-13-6-7-15(18)14(8-13)11-24(2)3;/h6-8,12H,5,9-11H2,1-4H3,(H2,19,20,21);1H. The number of rotatable bonds is 7. The Balaban J connectivity index is 0.00000338. The first-order valence-corrected chi connectivity index (χ1v) is 8.26. The lowest BCUT2D eigenvalue weighted by Crippen LogP contribution is -2.37. The van der Waals surface area contributed by atoms with Crippen LogP contribution in [0.4, 0.5) is 4.39 Å². The highest BCUT2D eigenvalue weighted by Gasteiger charge is 2.06. The van der Waals surface area contributed by atoms with Crippen LogP contribution >= 0.6 is 24.0 Å². The molecule has 2 N–H and O–H groups in total. The quantitative estimate of drug-likeness (QED) is 0.364. The number of hydrogen-bond donors (Lipinski definition) is 2. The van der Waals surface area contributed by atoms with Gasteiger partial charge in [-0.25, -0.2) is 14.4 Å². The van der Waals surface area contributed by atoms with Gasteiger partial charge in [0.2, 0.25) is 0 Å². The summed E-state index contributed by atoms with van der Waals surface area (Å²) in [5, 5.41) is 10.5. The average molecular weight is 475 g/mol. The van der Waals surface area contributed by atoms with Gasteiger partial charge in [0.25, 0.3) is 0 Å². The van der Waals surface area contributed by atoms with E-state index in [-0.39, 0.29) is 29.8 Å². The first-order chi connectivity index (χ1) is 12.0. The van der Waals surface area contributed by atoms with Crippen LogP contribution in [0, 0.1) is 5.82 Å². The van der Waals surface area contributed by atoms with Gasteiger partial charge in [-0.15, -0.1) is 24.0 Å². The van der Waals surface area contributed by atoms with Crippen LogP contribution in [-0.2, 0) is 26.7 Å². The first-order valence-electron chi connectivity index (χ1n) is 8.26. The van der Waals surface area contributed by atoms with Crippen molar-refractivity contribution in [3.8, 4) is 0 Å². The van der Waals surface area contributed by atoms with E-state index in [1.807, 2.05) is 39.0 Å². The molecule has 144 valence electrons. The van der Waals surface area contributed by atoms with E-state index in [0.29, 0.717) is 31.2 Å². The number of halogens is 2. The Labute approximate surface area is 171 Å². The first kappa shape index (κ1) is 22.3. The number of aromatic nitrogens is 3. The van der Waals surface area contributed by atoms with E-state index in [2.05, 4.69) is 25.7 Å². The molecule has 7 nitrogen and oxygen atoms in total. The van der Waals surface area contributed by atoms with Gasteiger partial charge in [0.05, 0.1) is 13.1 Å². The molecule has 0 bridgehead atoms. The highest BCUT2D eigenvalue weighted by Crippen LogP contribution is 2.13. The number of hydrogen-bond acceptors (Lipinski definition) is 4. The highest BCUT2D eigenvalue weighted by molar-refractivity contribution is 14.0. The summed E-state index contributed by atoms with van der Waals surface area (Å²) in [6.07, 6.45) is 1.52. The van der Waals surface area contributed by atoms with Crippen LogP contribution in [-0.4, -0.2) is 46.3 Å². The van der Waals surface area contributed by atoms with Gasteiger partial charge in [-0.2, -0.15) is 5.10 Å². The summed E-state index contributed by atoms with van der Waals surface area (Å²) in [6, 6.07) is 5.14. The van der Waals surface area contributed by atoms with Gasteiger partial charge in [0.1, 0.15) is 18.0 Å². The average Bonchev–Trinajstić information content (AvgIpc) is 2.97. The minimum atomic E-state index is -0.186. The van der Waals surface area contributed by atoms with Gasteiger partial charge in [-0.1, -0.05) is 6.07 Å². The van der Waals surface area contributed by atoms with E-state index in [0.717, 1.165) is 17.9 Å². The van der Waals surface area contributed by atoms with Crippen molar-refractivity contribution in [2.24, 2.45) is 12.0 Å². The van der Waals surface area contributed by atoms with Gasteiger partial charge in [0.15, 0.2) is 5.96 Å². The predicted molar refractivity (Wildman–Crippen MR) is 112 cm³/mol. The van der Waals surface area contributed by atoms with Crippen LogP contribution in [0.2, 0.25) is 0 Å². The molecular formula is C17H27FIN7. The van der Waals surface area contributed by atoms with Crippen LogP contribution in [0.1, 0.15) is 23.9 Å².